The summed E-state index contributed by atoms with van der Waals surface area (Å²) in [4.78, 5) is 11.9. The lowest BCUT2D eigenvalue weighted by molar-refractivity contribution is 0.0921. The maximum absolute atomic E-state index is 11.9. The fourth-order valence-corrected chi connectivity index (χ4v) is 1.70. The van der Waals surface area contributed by atoms with Crippen LogP contribution in [0.25, 0.3) is 0 Å². The summed E-state index contributed by atoms with van der Waals surface area (Å²) >= 11 is 0. The number of hydrogen-bond donors (Lipinski definition) is 1. The van der Waals surface area contributed by atoms with Crippen LogP contribution in [0.15, 0.2) is 48.5 Å². The Balaban J connectivity index is 1.99. The summed E-state index contributed by atoms with van der Waals surface area (Å²) in [5, 5.41) is 17.7. The third-order valence-electron chi connectivity index (χ3n) is 2.79. The topological polar surface area (TPSA) is 70.3 Å². The van der Waals surface area contributed by atoms with Crippen LogP contribution >= 0.6 is 0 Å². The average molecular weight is 267 g/mol. The van der Waals surface area contributed by atoms with Crippen molar-refractivity contribution in [1.82, 2.24) is 0 Å². The highest BCUT2D eigenvalue weighted by molar-refractivity contribution is 5.97. The Morgan fingerprint density at radius 1 is 1.20 bits per heavy atom. The van der Waals surface area contributed by atoms with Crippen molar-refractivity contribution in [3.8, 4) is 11.8 Å². The second-order valence-electron chi connectivity index (χ2n) is 4.21. The van der Waals surface area contributed by atoms with E-state index in [-0.39, 0.29) is 19.0 Å². The van der Waals surface area contributed by atoms with Crippen LogP contribution in [0, 0.1) is 11.3 Å². The summed E-state index contributed by atoms with van der Waals surface area (Å²) in [5.41, 5.74) is 1.74. The van der Waals surface area contributed by atoms with Crippen molar-refractivity contribution >= 4 is 5.78 Å². The second-order valence-corrected chi connectivity index (χ2v) is 4.21. The van der Waals surface area contributed by atoms with Crippen molar-refractivity contribution in [3.05, 3.63) is 65.2 Å². The van der Waals surface area contributed by atoms with Crippen LogP contribution in [-0.2, 0) is 6.61 Å². The molecule has 0 spiro atoms. The van der Waals surface area contributed by atoms with Crippen LogP contribution in [0.2, 0.25) is 0 Å². The first-order chi connectivity index (χ1) is 9.72. The van der Waals surface area contributed by atoms with Gasteiger partial charge in [-0.1, -0.05) is 12.1 Å². The fourth-order valence-electron chi connectivity index (χ4n) is 1.70. The van der Waals surface area contributed by atoms with Gasteiger partial charge in [0.2, 0.25) is 0 Å². The van der Waals surface area contributed by atoms with E-state index in [1.165, 1.54) is 0 Å². The molecule has 4 heteroatoms. The maximum Gasteiger partial charge on any atom is 0.200 e. The smallest absolute Gasteiger partial charge is 0.200 e. The largest absolute Gasteiger partial charge is 0.485 e. The lowest BCUT2D eigenvalue weighted by Crippen LogP contribution is -2.11. The van der Waals surface area contributed by atoms with Gasteiger partial charge in [-0.15, -0.1) is 0 Å². The Morgan fingerprint density at radius 2 is 1.95 bits per heavy atom. The molecular formula is C16H13NO3. The first-order valence-corrected chi connectivity index (χ1v) is 6.09. The average Bonchev–Trinajstić information content (AvgIpc) is 2.53. The molecule has 100 valence electrons. The number of aliphatic hydroxyl groups excluding tert-OH is 1. The Morgan fingerprint density at radius 3 is 2.60 bits per heavy atom. The zero-order chi connectivity index (χ0) is 14.4. The zero-order valence-corrected chi connectivity index (χ0v) is 10.7. The maximum atomic E-state index is 11.9. The molecule has 0 aromatic heterocycles. The minimum atomic E-state index is -0.163. The van der Waals surface area contributed by atoms with Gasteiger partial charge in [0.15, 0.2) is 12.4 Å². The molecule has 0 bridgehead atoms. The van der Waals surface area contributed by atoms with Crippen LogP contribution in [0.1, 0.15) is 21.5 Å². The van der Waals surface area contributed by atoms with E-state index in [1.54, 1.807) is 48.5 Å². The number of nitriles is 1. The van der Waals surface area contributed by atoms with E-state index >= 15 is 0 Å². The number of benzene rings is 2. The first kappa shape index (κ1) is 13.8. The molecule has 2 aromatic rings. The molecule has 20 heavy (non-hydrogen) atoms. The van der Waals surface area contributed by atoms with Crippen LogP contribution in [-0.4, -0.2) is 17.5 Å². The summed E-state index contributed by atoms with van der Waals surface area (Å²) < 4.78 is 5.40. The number of carbonyl (C=O) groups excluding carboxylic acids is 1. The van der Waals surface area contributed by atoms with Crippen molar-refractivity contribution in [2.75, 3.05) is 6.61 Å². The van der Waals surface area contributed by atoms with E-state index in [0.717, 1.165) is 5.56 Å². The normalized spacial score (nSPS) is 9.80. The van der Waals surface area contributed by atoms with Gasteiger partial charge in [-0.05, 0) is 42.0 Å². The molecule has 0 aliphatic rings. The van der Waals surface area contributed by atoms with Gasteiger partial charge in [-0.25, -0.2) is 0 Å². The molecule has 2 aromatic carbocycles. The van der Waals surface area contributed by atoms with Gasteiger partial charge in [-0.3, -0.25) is 4.79 Å². The number of aliphatic hydroxyl groups is 1. The van der Waals surface area contributed by atoms with Crippen LogP contribution in [0.3, 0.4) is 0 Å². The Hall–Kier alpha value is -2.64. The van der Waals surface area contributed by atoms with Crippen LogP contribution in [0.5, 0.6) is 5.75 Å². The third-order valence-corrected chi connectivity index (χ3v) is 2.79. The number of nitrogens with zero attached hydrogens (tertiary/aromatic N) is 1. The van der Waals surface area contributed by atoms with Gasteiger partial charge in [0.1, 0.15) is 5.75 Å². The predicted octanol–water partition coefficient (Wildman–Crippen LogP) is 2.31. The highest BCUT2D eigenvalue weighted by Gasteiger charge is 2.07. The Bertz CT molecular complexity index is 642. The second kappa shape index (κ2) is 6.50. The number of rotatable bonds is 5. The first-order valence-electron chi connectivity index (χ1n) is 6.09. The monoisotopic (exact) mass is 267 g/mol. The van der Waals surface area contributed by atoms with Gasteiger partial charge in [0.25, 0.3) is 0 Å². The summed E-state index contributed by atoms with van der Waals surface area (Å²) in [5.74, 6) is 0.377. The molecule has 0 fully saturated rings. The lowest BCUT2D eigenvalue weighted by Gasteiger charge is -2.06. The lowest BCUT2D eigenvalue weighted by atomic mass is 10.1. The van der Waals surface area contributed by atoms with E-state index in [2.05, 4.69) is 0 Å². The van der Waals surface area contributed by atoms with Gasteiger partial charge < -0.3 is 9.84 Å². The van der Waals surface area contributed by atoms with Crippen LogP contribution < -0.4 is 4.74 Å². The molecule has 1 N–H and O–H groups in total. The van der Waals surface area contributed by atoms with E-state index in [9.17, 15) is 4.79 Å². The highest BCUT2D eigenvalue weighted by Crippen LogP contribution is 2.14. The fraction of sp³-hybridized carbons (Fsp3) is 0.125. The molecule has 0 aliphatic carbocycles. The quantitative estimate of drug-likeness (QED) is 0.844. The Labute approximate surface area is 116 Å². The highest BCUT2D eigenvalue weighted by atomic mass is 16.5. The van der Waals surface area contributed by atoms with Crippen molar-refractivity contribution in [2.24, 2.45) is 0 Å². The molecule has 0 unspecified atom stereocenters. The van der Waals surface area contributed by atoms with E-state index in [0.29, 0.717) is 16.9 Å². The molecule has 2 rings (SSSR count). The standard InChI is InChI=1S/C16H13NO3/c17-9-12-4-6-14(7-5-12)16(19)11-20-15-3-1-2-13(8-15)10-18/h1-8,18H,10-11H2. The van der Waals surface area contributed by atoms with E-state index < -0.39 is 0 Å². The van der Waals surface area contributed by atoms with Crippen molar-refractivity contribution < 1.29 is 14.6 Å². The number of hydrogen-bond acceptors (Lipinski definition) is 4. The molecule has 4 nitrogen and oxygen atoms in total. The molecule has 0 saturated carbocycles. The summed E-state index contributed by atoms with van der Waals surface area (Å²) in [7, 11) is 0. The predicted molar refractivity (Wildman–Crippen MR) is 73.3 cm³/mol. The van der Waals surface area contributed by atoms with Crippen LogP contribution in [0.4, 0.5) is 0 Å². The molecule has 0 amide bonds. The molecule has 0 saturated heterocycles. The van der Waals surface area contributed by atoms with Gasteiger partial charge in [-0.2, -0.15) is 5.26 Å². The zero-order valence-electron chi connectivity index (χ0n) is 10.7. The molecule has 0 heterocycles. The number of carbonyl (C=O) groups is 1. The number of Topliss-reactive ketones (excluding diaryl/α,β-unsaturated/α-hetero) is 1. The third kappa shape index (κ3) is 3.44. The van der Waals surface area contributed by atoms with Gasteiger partial charge in [0, 0.05) is 5.56 Å². The van der Waals surface area contributed by atoms with Crippen molar-refractivity contribution in [1.29, 1.82) is 5.26 Å². The summed E-state index contributed by atoms with van der Waals surface area (Å²) in [6.45, 7) is -0.151. The summed E-state index contributed by atoms with van der Waals surface area (Å²) in [6.07, 6.45) is 0. The molecule has 0 radical (unpaired) electrons. The number of ketones is 1. The van der Waals surface area contributed by atoms with Crippen molar-refractivity contribution in [2.45, 2.75) is 6.61 Å². The summed E-state index contributed by atoms with van der Waals surface area (Å²) in [6, 6.07) is 15.3. The molecular weight excluding hydrogens is 254 g/mol. The van der Waals surface area contributed by atoms with Gasteiger partial charge >= 0.3 is 0 Å². The Kier molecular flexibility index (Phi) is 4.48. The molecule has 0 aliphatic heterocycles. The van der Waals surface area contributed by atoms with Crippen molar-refractivity contribution in [3.63, 3.8) is 0 Å². The molecule has 0 atom stereocenters. The minimum Gasteiger partial charge on any atom is -0.485 e. The van der Waals surface area contributed by atoms with Gasteiger partial charge in [0.05, 0.1) is 18.2 Å². The number of ether oxygens (including phenoxy) is 1. The van der Waals surface area contributed by atoms with E-state index in [4.69, 9.17) is 15.1 Å². The minimum absolute atomic E-state index is 0.0687. The van der Waals surface area contributed by atoms with E-state index in [1.807, 2.05) is 6.07 Å². The SMILES string of the molecule is N#Cc1ccc(C(=O)COc2cccc(CO)c2)cc1.